The number of nitrogens with one attached hydrogen (secondary N) is 1. The average molecular weight is 491 g/mol. The van der Waals surface area contributed by atoms with Crippen LogP contribution in [0.3, 0.4) is 0 Å². The second kappa shape index (κ2) is 9.44. The Bertz CT molecular complexity index is 1210. The molecule has 1 heterocycles. The molecule has 1 amide bonds. The van der Waals surface area contributed by atoms with Gasteiger partial charge in [0, 0.05) is 25.2 Å². The zero-order valence-corrected chi connectivity index (χ0v) is 20.3. The van der Waals surface area contributed by atoms with Crippen molar-refractivity contribution in [1.82, 2.24) is 4.31 Å². The van der Waals surface area contributed by atoms with Crippen molar-refractivity contribution >= 4 is 39.0 Å². The van der Waals surface area contributed by atoms with Gasteiger partial charge in [-0.05, 0) is 61.1 Å². The fourth-order valence-corrected chi connectivity index (χ4v) is 6.61. The first-order valence-electron chi connectivity index (χ1n) is 11.1. The predicted octanol–water partition coefficient (Wildman–Crippen LogP) is 4.53. The van der Waals surface area contributed by atoms with Crippen molar-refractivity contribution in [1.29, 1.82) is 0 Å². The molecule has 1 unspecified atom stereocenters. The van der Waals surface area contributed by atoms with Crippen molar-refractivity contribution in [2.45, 2.75) is 50.3 Å². The first-order valence-corrected chi connectivity index (χ1v) is 12.9. The normalized spacial score (nSPS) is 18.8. The van der Waals surface area contributed by atoms with Crippen molar-refractivity contribution in [3.63, 3.8) is 0 Å². The number of rotatable bonds is 6. The molecule has 1 aliphatic heterocycles. The molecule has 0 radical (unpaired) electrons. The highest BCUT2D eigenvalue weighted by Gasteiger charge is 2.31. The van der Waals surface area contributed by atoms with E-state index in [0.717, 1.165) is 30.4 Å². The largest absolute Gasteiger partial charge is 0.483 e. The Morgan fingerprint density at radius 3 is 2.64 bits per heavy atom. The predicted molar refractivity (Wildman–Crippen MR) is 127 cm³/mol. The van der Waals surface area contributed by atoms with E-state index in [1.165, 1.54) is 16.4 Å². The van der Waals surface area contributed by atoms with Crippen molar-refractivity contribution in [2.24, 2.45) is 0 Å². The Balaban J connectivity index is 1.47. The number of aryl methyl sites for hydroxylation is 1. The van der Waals surface area contributed by atoms with Gasteiger partial charge in [-0.25, -0.2) is 8.42 Å². The van der Waals surface area contributed by atoms with Crippen LogP contribution in [0.1, 0.15) is 60.0 Å². The minimum Gasteiger partial charge on any atom is -0.483 e. The molecule has 2 aromatic rings. The van der Waals surface area contributed by atoms with Gasteiger partial charge in [0.1, 0.15) is 10.6 Å². The standard InChI is InChI=1S/C24H27ClN2O5S/c1-15-6-9-20(24-19(28)12-16(2)23(15)24)32-14-22(29)26-17-7-8-18(25)21(13-17)33(30,31)27-10-4-3-5-11-27/h6-9,13,16H,3-5,10-12,14H2,1-2H3,(H,26,29). The molecular formula is C24H27ClN2O5S. The molecule has 9 heteroatoms. The number of benzene rings is 2. The van der Waals surface area contributed by atoms with E-state index in [0.29, 0.717) is 36.5 Å². The number of anilines is 1. The lowest BCUT2D eigenvalue weighted by atomic mass is 9.97. The van der Waals surface area contributed by atoms with E-state index in [2.05, 4.69) is 5.32 Å². The van der Waals surface area contributed by atoms with Crippen LogP contribution in [0.15, 0.2) is 35.2 Å². The molecule has 0 saturated carbocycles. The molecule has 2 aromatic carbocycles. The van der Waals surface area contributed by atoms with Crippen molar-refractivity contribution in [2.75, 3.05) is 25.0 Å². The third-order valence-corrected chi connectivity index (χ3v) is 8.58. The number of hydrogen-bond donors (Lipinski definition) is 1. The second-order valence-corrected chi connectivity index (χ2v) is 11.0. The number of carbonyl (C=O) groups is 2. The summed E-state index contributed by atoms with van der Waals surface area (Å²) in [5, 5.41) is 2.77. The van der Waals surface area contributed by atoms with Crippen LogP contribution < -0.4 is 10.1 Å². The van der Waals surface area contributed by atoms with Crippen LogP contribution in [0.2, 0.25) is 5.02 Å². The third-order valence-electron chi connectivity index (χ3n) is 6.20. The van der Waals surface area contributed by atoms with E-state index < -0.39 is 15.9 Å². The van der Waals surface area contributed by atoms with Gasteiger partial charge in [-0.3, -0.25) is 9.59 Å². The number of ether oxygens (including phenoxy) is 1. The number of Topliss-reactive ketones (excluding diaryl/α,β-unsaturated/α-hetero) is 1. The van der Waals surface area contributed by atoms with Crippen LogP contribution in [0.4, 0.5) is 5.69 Å². The molecule has 1 fully saturated rings. The summed E-state index contributed by atoms with van der Waals surface area (Å²) in [7, 11) is -3.75. The van der Waals surface area contributed by atoms with Gasteiger partial charge >= 0.3 is 0 Å². The molecule has 4 rings (SSSR count). The fourth-order valence-electron chi connectivity index (χ4n) is 4.59. The number of hydrogen-bond acceptors (Lipinski definition) is 5. The lowest BCUT2D eigenvalue weighted by Gasteiger charge is -2.26. The van der Waals surface area contributed by atoms with Crippen LogP contribution in [0.25, 0.3) is 0 Å². The van der Waals surface area contributed by atoms with E-state index in [-0.39, 0.29) is 28.2 Å². The lowest BCUT2D eigenvalue weighted by molar-refractivity contribution is -0.118. The van der Waals surface area contributed by atoms with Crippen LogP contribution >= 0.6 is 11.6 Å². The Hall–Kier alpha value is -2.42. The quantitative estimate of drug-likeness (QED) is 0.642. The zero-order valence-electron chi connectivity index (χ0n) is 18.7. The summed E-state index contributed by atoms with van der Waals surface area (Å²) < 4.78 is 33.2. The zero-order chi connectivity index (χ0) is 23.8. The monoisotopic (exact) mass is 490 g/mol. The first kappa shape index (κ1) is 23.7. The summed E-state index contributed by atoms with van der Waals surface area (Å²) in [5.41, 5.74) is 2.87. The van der Waals surface area contributed by atoms with Gasteiger partial charge in [0.2, 0.25) is 10.0 Å². The van der Waals surface area contributed by atoms with Crippen LogP contribution in [0, 0.1) is 6.92 Å². The summed E-state index contributed by atoms with van der Waals surface area (Å²) in [4.78, 5) is 24.9. The van der Waals surface area contributed by atoms with E-state index in [9.17, 15) is 18.0 Å². The SMILES string of the molecule is Cc1ccc(OCC(=O)Nc2ccc(Cl)c(S(=O)(=O)N3CCCCC3)c2)c2c1C(C)CC2=O. The fraction of sp³-hybridized carbons (Fsp3) is 0.417. The molecular weight excluding hydrogens is 464 g/mol. The summed E-state index contributed by atoms with van der Waals surface area (Å²) >= 11 is 6.19. The maximum atomic E-state index is 13.0. The molecule has 0 aromatic heterocycles. The van der Waals surface area contributed by atoms with Crippen LogP contribution in [0.5, 0.6) is 5.75 Å². The van der Waals surface area contributed by atoms with Crippen molar-refractivity contribution in [3.8, 4) is 5.75 Å². The van der Waals surface area contributed by atoms with Gasteiger partial charge in [0.25, 0.3) is 5.91 Å². The number of nitrogens with zero attached hydrogens (tertiary/aromatic N) is 1. The van der Waals surface area contributed by atoms with Crippen molar-refractivity contribution < 1.29 is 22.7 Å². The molecule has 1 N–H and O–H groups in total. The number of piperidine rings is 1. The molecule has 1 atom stereocenters. The number of fused-ring (bicyclic) bond motifs is 1. The highest BCUT2D eigenvalue weighted by Crippen LogP contribution is 2.40. The highest BCUT2D eigenvalue weighted by molar-refractivity contribution is 7.89. The maximum Gasteiger partial charge on any atom is 0.262 e. The van der Waals surface area contributed by atoms with Crippen molar-refractivity contribution in [3.05, 3.63) is 52.0 Å². The Morgan fingerprint density at radius 2 is 1.91 bits per heavy atom. The highest BCUT2D eigenvalue weighted by atomic mass is 35.5. The summed E-state index contributed by atoms with van der Waals surface area (Å²) in [6, 6.07) is 7.98. The van der Waals surface area contributed by atoms with Gasteiger partial charge in [0.05, 0.1) is 10.6 Å². The minimum absolute atomic E-state index is 0.0156. The van der Waals surface area contributed by atoms with Gasteiger partial charge in [-0.1, -0.05) is 31.0 Å². The maximum absolute atomic E-state index is 13.0. The number of amides is 1. The van der Waals surface area contributed by atoms with E-state index >= 15 is 0 Å². The molecule has 0 spiro atoms. The lowest BCUT2D eigenvalue weighted by Crippen LogP contribution is -2.35. The number of ketones is 1. The van der Waals surface area contributed by atoms with Gasteiger partial charge in [-0.15, -0.1) is 0 Å². The molecule has 176 valence electrons. The molecule has 0 bridgehead atoms. The minimum atomic E-state index is -3.75. The molecule has 1 aliphatic carbocycles. The van der Waals surface area contributed by atoms with E-state index in [4.69, 9.17) is 16.3 Å². The Morgan fingerprint density at radius 1 is 1.18 bits per heavy atom. The molecule has 2 aliphatic rings. The number of carbonyl (C=O) groups excluding carboxylic acids is 2. The van der Waals surface area contributed by atoms with Crippen LogP contribution in [-0.4, -0.2) is 44.1 Å². The second-order valence-electron chi connectivity index (χ2n) is 8.64. The topological polar surface area (TPSA) is 92.8 Å². The van der Waals surface area contributed by atoms with Gasteiger partial charge < -0.3 is 10.1 Å². The summed E-state index contributed by atoms with van der Waals surface area (Å²) in [6.07, 6.45) is 3.07. The van der Waals surface area contributed by atoms with Gasteiger partial charge in [-0.2, -0.15) is 4.31 Å². The Kier molecular flexibility index (Phi) is 6.79. The number of halogens is 1. The molecule has 7 nitrogen and oxygen atoms in total. The summed E-state index contributed by atoms with van der Waals surface area (Å²) in [6.45, 7) is 4.57. The third kappa shape index (κ3) is 4.78. The Labute approximate surface area is 199 Å². The van der Waals surface area contributed by atoms with E-state index in [1.54, 1.807) is 12.1 Å². The van der Waals surface area contributed by atoms with Crippen LogP contribution in [-0.2, 0) is 14.8 Å². The molecule has 1 saturated heterocycles. The smallest absolute Gasteiger partial charge is 0.262 e. The average Bonchev–Trinajstić information content (AvgIpc) is 3.10. The first-order chi connectivity index (χ1) is 15.7. The molecule has 33 heavy (non-hydrogen) atoms. The summed E-state index contributed by atoms with van der Waals surface area (Å²) in [5.74, 6) is 0.0668. The van der Waals surface area contributed by atoms with Gasteiger partial charge in [0.15, 0.2) is 12.4 Å². The van der Waals surface area contributed by atoms with E-state index in [1.807, 2.05) is 19.9 Å². The number of sulfonamides is 1.